The molecule has 0 bridgehead atoms. The number of nitrogens with zero attached hydrogens (tertiary/aromatic N) is 11. The Balaban J connectivity index is 0.000000123. The van der Waals surface area contributed by atoms with Crippen LogP contribution in [0.15, 0.2) is 322 Å². The predicted octanol–water partition coefficient (Wildman–Crippen LogP) is 19.7. The van der Waals surface area contributed by atoms with Gasteiger partial charge in [-0.3, -0.25) is 0 Å². The third-order valence-corrected chi connectivity index (χ3v) is 15.0. The molecule has 15 aromatic rings. The van der Waals surface area contributed by atoms with E-state index in [4.69, 9.17) is 4.98 Å². The topological polar surface area (TPSA) is 142 Å². The van der Waals surface area contributed by atoms with Crippen molar-refractivity contribution in [2.24, 2.45) is 0 Å². The summed E-state index contributed by atoms with van der Waals surface area (Å²) in [5, 5.41) is 0. The molecule has 11 heteroatoms. The van der Waals surface area contributed by atoms with Gasteiger partial charge in [0.25, 0.3) is 0 Å². The molecule has 0 fully saturated rings. The van der Waals surface area contributed by atoms with E-state index in [1.54, 1.807) is 0 Å². The van der Waals surface area contributed by atoms with Crippen LogP contribution in [0.5, 0.6) is 0 Å². The molecule has 0 aliphatic carbocycles. The molecule has 4 heterocycles. The minimum atomic E-state index is 0.689. The fraction of sp³-hybridized carbons (Fsp3) is 0.0482. The Kier molecular flexibility index (Phi) is 19.9. The van der Waals surface area contributed by atoms with E-state index in [-0.39, 0.29) is 0 Å². The van der Waals surface area contributed by atoms with Crippen LogP contribution in [0, 0.1) is 27.7 Å². The minimum Gasteiger partial charge on any atom is -0.233 e. The highest BCUT2D eigenvalue weighted by Gasteiger charge is 2.13. The van der Waals surface area contributed by atoms with Crippen molar-refractivity contribution in [3.05, 3.63) is 345 Å². The van der Waals surface area contributed by atoms with Gasteiger partial charge in [-0.15, -0.1) is 0 Å². The zero-order valence-electron chi connectivity index (χ0n) is 52.5. The summed E-state index contributed by atoms with van der Waals surface area (Å²) in [6.07, 6.45) is 0. The van der Waals surface area contributed by atoms with Gasteiger partial charge in [0.2, 0.25) is 0 Å². The molecule has 0 N–H and O–H groups in total. The molecule has 0 atom stereocenters. The summed E-state index contributed by atoms with van der Waals surface area (Å²) in [4.78, 5) is 50.0. The van der Waals surface area contributed by atoms with Gasteiger partial charge in [-0.25, -0.2) is 54.8 Å². The monoisotopic (exact) mass is 1220 g/mol. The second-order valence-corrected chi connectivity index (χ2v) is 21.9. The minimum absolute atomic E-state index is 0.689. The van der Waals surface area contributed by atoms with Gasteiger partial charge in [-0.2, -0.15) is 0 Å². The lowest BCUT2D eigenvalue weighted by Crippen LogP contribution is -1.99. The molecule has 0 unspecified atom stereocenters. The van der Waals surface area contributed by atoms with Gasteiger partial charge >= 0.3 is 0 Å². The number of hydrogen-bond donors (Lipinski definition) is 0. The maximum absolute atomic E-state index is 4.76. The average Bonchev–Trinajstić information content (AvgIpc) is 1.07. The van der Waals surface area contributed by atoms with Crippen LogP contribution in [0.25, 0.3) is 124 Å². The molecule has 11 aromatic carbocycles. The maximum Gasteiger partial charge on any atom is 0.163 e. The summed E-state index contributed by atoms with van der Waals surface area (Å²) in [6.45, 7) is 7.63. The van der Waals surface area contributed by atoms with E-state index >= 15 is 0 Å². The first-order chi connectivity index (χ1) is 46.2. The summed E-state index contributed by atoms with van der Waals surface area (Å²) in [6, 6.07) is 108. The van der Waals surface area contributed by atoms with Crippen molar-refractivity contribution in [1.29, 1.82) is 0 Å². The van der Waals surface area contributed by atoms with Gasteiger partial charge in [-0.05, 0) is 73.2 Å². The van der Waals surface area contributed by atoms with Gasteiger partial charge in [0, 0.05) is 44.5 Å². The van der Waals surface area contributed by atoms with Gasteiger partial charge in [0.05, 0.1) is 11.4 Å². The molecule has 0 aliphatic rings. The van der Waals surface area contributed by atoms with Gasteiger partial charge in [0.1, 0.15) is 23.3 Å². The van der Waals surface area contributed by atoms with E-state index < -0.39 is 0 Å². The van der Waals surface area contributed by atoms with Crippen molar-refractivity contribution in [1.82, 2.24) is 54.8 Å². The Morgan fingerprint density at radius 2 is 0.330 bits per heavy atom. The molecule has 4 aromatic heterocycles. The molecule has 0 radical (unpaired) electrons. The lowest BCUT2D eigenvalue weighted by molar-refractivity contribution is 0.991. The third-order valence-electron chi connectivity index (χ3n) is 15.0. The van der Waals surface area contributed by atoms with Crippen LogP contribution in [0.1, 0.15) is 23.3 Å². The van der Waals surface area contributed by atoms with Gasteiger partial charge in [0.15, 0.2) is 34.9 Å². The predicted molar refractivity (Wildman–Crippen MR) is 380 cm³/mol. The first-order valence-corrected chi connectivity index (χ1v) is 31.0. The lowest BCUT2D eigenvalue weighted by Gasteiger charge is -2.08. The second-order valence-electron chi connectivity index (χ2n) is 21.9. The Hall–Kier alpha value is -12.5. The first kappa shape index (κ1) is 61.8. The number of hydrogen-bond acceptors (Lipinski definition) is 11. The smallest absolute Gasteiger partial charge is 0.163 e. The van der Waals surface area contributed by atoms with Crippen molar-refractivity contribution >= 4 is 0 Å². The molecule has 94 heavy (non-hydrogen) atoms. The zero-order valence-corrected chi connectivity index (χ0v) is 52.5. The Labute approximate surface area is 548 Å². The van der Waals surface area contributed by atoms with E-state index in [1.807, 2.05) is 228 Å². The van der Waals surface area contributed by atoms with E-state index in [0.29, 0.717) is 46.6 Å². The highest BCUT2D eigenvalue weighted by atomic mass is 15.0. The van der Waals surface area contributed by atoms with Gasteiger partial charge < -0.3 is 0 Å². The van der Waals surface area contributed by atoms with E-state index in [2.05, 4.69) is 171 Å². The number of aryl methyl sites for hydroxylation is 4. The number of benzene rings is 11. The number of rotatable bonds is 11. The highest BCUT2D eigenvalue weighted by Crippen LogP contribution is 2.30. The van der Waals surface area contributed by atoms with Crippen molar-refractivity contribution in [3.63, 3.8) is 0 Å². The maximum atomic E-state index is 4.76. The van der Waals surface area contributed by atoms with Crippen molar-refractivity contribution in [2.75, 3.05) is 0 Å². The molecule has 0 aliphatic heterocycles. The van der Waals surface area contributed by atoms with Crippen molar-refractivity contribution < 1.29 is 0 Å². The first-order valence-electron chi connectivity index (χ1n) is 31.0. The number of aromatic nitrogens is 11. The summed E-state index contributed by atoms with van der Waals surface area (Å²) >= 11 is 0. The summed E-state index contributed by atoms with van der Waals surface area (Å²) in [5.41, 5.74) is 17.2. The zero-order chi connectivity index (χ0) is 64.3. The van der Waals surface area contributed by atoms with Crippen molar-refractivity contribution in [3.8, 4) is 124 Å². The lowest BCUT2D eigenvalue weighted by atomic mass is 10.0. The van der Waals surface area contributed by atoms with E-state index in [0.717, 1.165) is 73.1 Å². The molecule has 15 rings (SSSR count). The highest BCUT2D eigenvalue weighted by molar-refractivity contribution is 5.73. The second kappa shape index (κ2) is 30.4. The molecular weight excluding hydrogens is 1150 g/mol. The molecule has 0 saturated heterocycles. The van der Waals surface area contributed by atoms with Crippen LogP contribution in [-0.4, -0.2) is 54.8 Å². The third kappa shape index (κ3) is 16.3. The molecule has 452 valence electrons. The Morgan fingerprint density at radius 1 is 0.138 bits per heavy atom. The van der Waals surface area contributed by atoms with Crippen LogP contribution in [0.3, 0.4) is 0 Å². The van der Waals surface area contributed by atoms with Crippen LogP contribution in [-0.2, 0) is 0 Å². The quantitative estimate of drug-likeness (QED) is 0.122. The summed E-state index contributed by atoms with van der Waals surface area (Å²) < 4.78 is 0. The molecule has 0 spiro atoms. The fourth-order valence-electron chi connectivity index (χ4n) is 10.4. The average molecular weight is 1220 g/mol. The SMILES string of the molecule is Cc1nc(-c2ccc(-c3ccccc3)cc2)nc(-c2ccc(-c3ccccc3)cc2)n1.Cc1nc(-c2ccccc2)cc(-c2ccccc2)n1.Cc1nc(-c2ccccc2)nc(-c2cccc(-c3ccccc3)c2)n1.Cc1nc(-c2ccccc2)nc(-c2ccccc2)n1. The van der Waals surface area contributed by atoms with Crippen LogP contribution < -0.4 is 0 Å². The van der Waals surface area contributed by atoms with Gasteiger partial charge in [-0.1, -0.05) is 309 Å². The summed E-state index contributed by atoms with van der Waals surface area (Å²) in [5.74, 6) is 7.15. The fourth-order valence-corrected chi connectivity index (χ4v) is 10.4. The summed E-state index contributed by atoms with van der Waals surface area (Å²) in [7, 11) is 0. The van der Waals surface area contributed by atoms with Crippen molar-refractivity contribution in [2.45, 2.75) is 27.7 Å². The van der Waals surface area contributed by atoms with Crippen LogP contribution in [0.4, 0.5) is 0 Å². The molecule has 0 amide bonds. The Bertz CT molecular complexity index is 4540. The molecule has 11 nitrogen and oxygen atoms in total. The molecule has 0 saturated carbocycles. The van der Waals surface area contributed by atoms with E-state index in [9.17, 15) is 0 Å². The van der Waals surface area contributed by atoms with E-state index in [1.165, 1.54) is 27.8 Å². The molecular formula is C83H65N11. The normalized spacial score (nSPS) is 10.6. The van der Waals surface area contributed by atoms with Crippen LogP contribution in [0.2, 0.25) is 0 Å². The van der Waals surface area contributed by atoms with Crippen LogP contribution >= 0.6 is 0 Å². The Morgan fingerprint density at radius 3 is 0.628 bits per heavy atom. The standard InChI is InChI=1S/C28H21N3.C22H17N3.C17H14N2.C16H13N3/c1-20-29-27(25-16-12-23(13-17-25)21-8-4-2-5-9-21)31-28(30-20)26-18-14-24(15-19-26)22-10-6-3-7-11-22;1-16-23-21(18-11-6-3-7-12-18)25-22(24-16)20-14-8-13-19(15-20)17-9-4-2-5-10-17;1-13-18-16(14-8-4-2-5-9-14)12-17(19-13)15-10-6-3-7-11-15;1-12-17-15(13-8-4-2-5-9-13)19-16(18-12)14-10-6-3-7-11-14/h2-19H,1H3;2-15H,1H3;2-12H,1H3;2-11H,1H3. The largest absolute Gasteiger partial charge is 0.233 e.